The second-order valence-corrected chi connectivity index (χ2v) is 5.44. The Bertz CT molecular complexity index is 452. The molecule has 96 valence electrons. The molecule has 18 heavy (non-hydrogen) atoms. The highest BCUT2D eigenvalue weighted by atomic mass is 16.5. The van der Waals surface area contributed by atoms with Gasteiger partial charge >= 0.3 is 0 Å². The fraction of sp³-hybridized carbons (Fsp3) is 0.533. The Morgan fingerprint density at radius 2 is 2.06 bits per heavy atom. The predicted octanol–water partition coefficient (Wildman–Crippen LogP) is 2.27. The topological polar surface area (TPSA) is 47.6 Å². The van der Waals surface area contributed by atoms with E-state index < -0.39 is 0 Å². The molecule has 2 aliphatic rings. The molecule has 0 aromatic heterocycles. The Labute approximate surface area is 108 Å². The molecule has 3 nitrogen and oxygen atoms in total. The van der Waals surface area contributed by atoms with Crippen molar-refractivity contribution in [3.05, 3.63) is 35.4 Å². The number of aryl methyl sites for hydroxylation is 1. The SMILES string of the molecule is Cc1ccc(C2=NC3CC(CN)CCC3O2)cc1. The van der Waals surface area contributed by atoms with Gasteiger partial charge in [-0.15, -0.1) is 0 Å². The first-order valence-electron chi connectivity index (χ1n) is 6.78. The smallest absolute Gasteiger partial charge is 0.216 e. The summed E-state index contributed by atoms with van der Waals surface area (Å²) in [5.74, 6) is 1.44. The van der Waals surface area contributed by atoms with E-state index in [1.165, 1.54) is 12.0 Å². The predicted molar refractivity (Wildman–Crippen MR) is 72.8 cm³/mol. The maximum absolute atomic E-state index is 5.99. The molecule has 1 aliphatic carbocycles. The number of nitrogens with two attached hydrogens (primary N) is 1. The molecule has 0 radical (unpaired) electrons. The van der Waals surface area contributed by atoms with Crippen LogP contribution in [0.2, 0.25) is 0 Å². The third-order valence-corrected chi connectivity index (χ3v) is 4.04. The van der Waals surface area contributed by atoms with Crippen molar-refractivity contribution in [3.8, 4) is 0 Å². The lowest BCUT2D eigenvalue weighted by Gasteiger charge is -2.28. The van der Waals surface area contributed by atoms with E-state index in [1.54, 1.807) is 0 Å². The van der Waals surface area contributed by atoms with Crippen molar-refractivity contribution in [1.82, 2.24) is 0 Å². The summed E-state index contributed by atoms with van der Waals surface area (Å²) in [5, 5.41) is 0. The second-order valence-electron chi connectivity index (χ2n) is 5.44. The van der Waals surface area contributed by atoms with Crippen LogP contribution in [0.4, 0.5) is 0 Å². The summed E-state index contributed by atoms with van der Waals surface area (Å²) in [4.78, 5) is 4.75. The number of benzene rings is 1. The highest BCUT2D eigenvalue weighted by Gasteiger charge is 2.36. The van der Waals surface area contributed by atoms with Gasteiger partial charge in [-0.25, -0.2) is 4.99 Å². The molecule has 1 aliphatic heterocycles. The molecule has 1 heterocycles. The zero-order chi connectivity index (χ0) is 12.5. The van der Waals surface area contributed by atoms with E-state index in [1.807, 2.05) is 0 Å². The fourth-order valence-electron chi connectivity index (χ4n) is 2.85. The maximum atomic E-state index is 5.99. The molecule has 1 aromatic carbocycles. The van der Waals surface area contributed by atoms with Crippen LogP contribution < -0.4 is 5.73 Å². The molecular weight excluding hydrogens is 224 g/mol. The standard InChI is InChI=1S/C15H20N2O/c1-10-2-5-12(6-3-10)15-17-13-8-11(9-16)4-7-14(13)18-15/h2-3,5-6,11,13-14H,4,7-9,16H2,1H3. The summed E-state index contributed by atoms with van der Waals surface area (Å²) in [7, 11) is 0. The summed E-state index contributed by atoms with van der Waals surface area (Å²) >= 11 is 0. The van der Waals surface area contributed by atoms with Gasteiger partial charge in [0.2, 0.25) is 5.90 Å². The van der Waals surface area contributed by atoms with Gasteiger partial charge in [-0.1, -0.05) is 17.7 Å². The van der Waals surface area contributed by atoms with E-state index in [0.29, 0.717) is 12.0 Å². The summed E-state index contributed by atoms with van der Waals surface area (Å²) in [6, 6.07) is 8.71. The molecule has 3 atom stereocenters. The van der Waals surface area contributed by atoms with E-state index in [9.17, 15) is 0 Å². The Kier molecular flexibility index (Phi) is 3.08. The van der Waals surface area contributed by atoms with Gasteiger partial charge in [0.15, 0.2) is 0 Å². The average molecular weight is 244 g/mol. The molecule has 1 fully saturated rings. The van der Waals surface area contributed by atoms with Crippen molar-refractivity contribution in [2.75, 3.05) is 6.54 Å². The molecular formula is C15H20N2O. The summed E-state index contributed by atoms with van der Waals surface area (Å²) in [6.45, 7) is 2.87. The minimum Gasteiger partial charge on any atom is -0.472 e. The number of aliphatic imine (C=N–C) groups is 1. The third kappa shape index (κ3) is 2.15. The van der Waals surface area contributed by atoms with E-state index >= 15 is 0 Å². The fourth-order valence-corrected chi connectivity index (χ4v) is 2.85. The van der Waals surface area contributed by atoms with Crippen LogP contribution in [0.5, 0.6) is 0 Å². The van der Waals surface area contributed by atoms with Crippen LogP contribution in [0.3, 0.4) is 0 Å². The Morgan fingerprint density at radius 3 is 2.78 bits per heavy atom. The summed E-state index contributed by atoms with van der Waals surface area (Å²) in [6.07, 6.45) is 3.63. The number of hydrogen-bond acceptors (Lipinski definition) is 3. The third-order valence-electron chi connectivity index (χ3n) is 4.04. The van der Waals surface area contributed by atoms with Gasteiger partial charge in [-0.2, -0.15) is 0 Å². The maximum Gasteiger partial charge on any atom is 0.216 e. The van der Waals surface area contributed by atoms with Crippen molar-refractivity contribution in [2.24, 2.45) is 16.6 Å². The highest BCUT2D eigenvalue weighted by Crippen LogP contribution is 2.33. The van der Waals surface area contributed by atoms with Crippen LogP contribution >= 0.6 is 0 Å². The number of nitrogens with zero attached hydrogens (tertiary/aromatic N) is 1. The molecule has 0 saturated heterocycles. The Morgan fingerprint density at radius 1 is 1.28 bits per heavy atom. The number of ether oxygens (including phenoxy) is 1. The summed E-state index contributed by atoms with van der Waals surface area (Å²) < 4.78 is 5.99. The normalized spacial score (nSPS) is 30.6. The van der Waals surface area contributed by atoms with E-state index in [-0.39, 0.29) is 6.10 Å². The van der Waals surface area contributed by atoms with Crippen molar-refractivity contribution in [1.29, 1.82) is 0 Å². The van der Waals surface area contributed by atoms with Crippen LogP contribution in [0.15, 0.2) is 29.3 Å². The molecule has 3 rings (SSSR count). The monoisotopic (exact) mass is 244 g/mol. The minimum atomic E-state index is 0.282. The second kappa shape index (κ2) is 4.73. The largest absolute Gasteiger partial charge is 0.472 e. The van der Waals surface area contributed by atoms with Crippen molar-refractivity contribution >= 4 is 5.90 Å². The van der Waals surface area contributed by atoms with Gasteiger partial charge in [0.1, 0.15) is 6.10 Å². The van der Waals surface area contributed by atoms with Gasteiger partial charge in [-0.3, -0.25) is 0 Å². The molecule has 2 N–H and O–H groups in total. The van der Waals surface area contributed by atoms with Crippen molar-refractivity contribution < 1.29 is 4.74 Å². The Hall–Kier alpha value is -1.35. The number of hydrogen-bond donors (Lipinski definition) is 1. The molecule has 0 spiro atoms. The summed E-state index contributed by atoms with van der Waals surface area (Å²) in [5.41, 5.74) is 8.12. The number of rotatable bonds is 2. The molecule has 3 unspecified atom stereocenters. The van der Waals surface area contributed by atoms with Crippen LogP contribution in [0, 0.1) is 12.8 Å². The van der Waals surface area contributed by atoms with Gasteiger partial charge in [0.05, 0.1) is 6.04 Å². The highest BCUT2D eigenvalue weighted by molar-refractivity contribution is 5.95. The minimum absolute atomic E-state index is 0.282. The van der Waals surface area contributed by atoms with Gasteiger partial charge in [0, 0.05) is 5.56 Å². The molecule has 1 aromatic rings. The van der Waals surface area contributed by atoms with Crippen molar-refractivity contribution in [3.63, 3.8) is 0 Å². The lowest BCUT2D eigenvalue weighted by Crippen LogP contribution is -2.33. The number of fused-ring (bicyclic) bond motifs is 1. The van der Waals surface area contributed by atoms with Crippen LogP contribution in [0.25, 0.3) is 0 Å². The molecule has 0 amide bonds. The molecule has 3 heteroatoms. The van der Waals surface area contributed by atoms with Crippen LogP contribution in [-0.2, 0) is 4.74 Å². The van der Waals surface area contributed by atoms with Gasteiger partial charge < -0.3 is 10.5 Å². The lowest BCUT2D eigenvalue weighted by molar-refractivity contribution is 0.130. The van der Waals surface area contributed by atoms with Crippen LogP contribution in [-0.4, -0.2) is 24.6 Å². The van der Waals surface area contributed by atoms with E-state index in [0.717, 1.165) is 30.8 Å². The molecule has 1 saturated carbocycles. The first kappa shape index (κ1) is 11.7. The zero-order valence-electron chi connectivity index (χ0n) is 10.8. The first-order chi connectivity index (χ1) is 8.76. The first-order valence-corrected chi connectivity index (χ1v) is 6.78. The quantitative estimate of drug-likeness (QED) is 0.867. The lowest BCUT2D eigenvalue weighted by atomic mass is 9.84. The molecule has 0 bridgehead atoms. The van der Waals surface area contributed by atoms with Gasteiger partial charge in [-0.05, 0) is 50.8 Å². The average Bonchev–Trinajstić information content (AvgIpc) is 2.82. The van der Waals surface area contributed by atoms with Crippen molar-refractivity contribution in [2.45, 2.75) is 38.3 Å². The van der Waals surface area contributed by atoms with Crippen LogP contribution in [0.1, 0.15) is 30.4 Å². The Balaban J connectivity index is 1.77. The van der Waals surface area contributed by atoms with E-state index in [4.69, 9.17) is 15.5 Å². The van der Waals surface area contributed by atoms with E-state index in [2.05, 4.69) is 31.2 Å². The zero-order valence-corrected chi connectivity index (χ0v) is 10.8. The van der Waals surface area contributed by atoms with Gasteiger partial charge in [0.25, 0.3) is 0 Å².